The maximum atomic E-state index is 10.8. The van der Waals surface area contributed by atoms with Crippen molar-refractivity contribution in [2.45, 2.75) is 0 Å². The summed E-state index contributed by atoms with van der Waals surface area (Å²) >= 11 is -3.56. The molecule has 0 radical (unpaired) electrons. The minimum atomic E-state index is -4.20. The van der Waals surface area contributed by atoms with Gasteiger partial charge < -0.3 is 0 Å². The van der Waals surface area contributed by atoms with Crippen molar-refractivity contribution in [3.63, 3.8) is 0 Å². The van der Waals surface area contributed by atoms with Crippen molar-refractivity contribution in [2.75, 3.05) is 0 Å². The van der Waals surface area contributed by atoms with Crippen LogP contribution in [0.4, 0.5) is 0 Å². The third kappa shape index (κ3) is 4.04. The Hall–Kier alpha value is 1.80. The van der Waals surface area contributed by atoms with Crippen LogP contribution in [-0.4, -0.2) is 86.8 Å². The number of hydrogen-bond donors (Lipinski definition) is 0. The molecule has 64 valence electrons. The van der Waals surface area contributed by atoms with E-state index in [1.807, 2.05) is 0 Å². The Kier molecular flexibility index (Phi) is 6.56. The van der Waals surface area contributed by atoms with Gasteiger partial charge in [-0.3, -0.25) is 0 Å². The molecule has 0 aromatic carbocycles. The van der Waals surface area contributed by atoms with Gasteiger partial charge in [0, 0.05) is 0 Å². The summed E-state index contributed by atoms with van der Waals surface area (Å²) in [5, 5.41) is 0. The van der Waals surface area contributed by atoms with Gasteiger partial charge in [0.1, 0.15) is 0 Å². The molecular formula is Al2CaO8Si2. The molecule has 0 unspecified atom stereocenters. The normalized spacial score (nSPS) is 35.8. The van der Waals surface area contributed by atoms with Crippen LogP contribution in [-0.2, 0) is 22.8 Å². The average molecular weight is 278 g/mol. The third-order valence-electron chi connectivity index (χ3n) is 0.885. The van der Waals surface area contributed by atoms with Gasteiger partial charge in [-0.15, -0.1) is 0 Å². The topological polar surface area (TPSA) is 117 Å². The van der Waals surface area contributed by atoms with E-state index in [2.05, 4.69) is 15.2 Å². The molecular weight excluding hydrogens is 278 g/mol. The summed E-state index contributed by atoms with van der Waals surface area (Å²) in [4.78, 5) is 21.6. The number of hydrogen-bond acceptors (Lipinski definition) is 8. The van der Waals surface area contributed by atoms with E-state index in [4.69, 9.17) is 0 Å². The van der Waals surface area contributed by atoms with Gasteiger partial charge in [-0.05, 0) is 0 Å². The van der Waals surface area contributed by atoms with Crippen LogP contribution in [0.1, 0.15) is 0 Å². The fraction of sp³-hybridized carbons (Fsp3) is 0. The van der Waals surface area contributed by atoms with Gasteiger partial charge in [0.25, 0.3) is 0 Å². The standard InChI is InChI=1S/2Al.Ca.O6Si2.2O/c;;;1-7(2)5-8(3,4)6-7;;/q2*+1;+2;-4;;. The zero-order chi connectivity index (χ0) is 9.24. The van der Waals surface area contributed by atoms with Crippen molar-refractivity contribution in [3.05, 3.63) is 0 Å². The Morgan fingerprint density at radius 3 is 1.54 bits per heavy atom. The van der Waals surface area contributed by atoms with Crippen LogP contribution in [0.2, 0.25) is 0 Å². The van der Waals surface area contributed by atoms with E-state index in [1.54, 1.807) is 0 Å². The summed E-state index contributed by atoms with van der Waals surface area (Å²) in [6.07, 6.45) is 0. The first-order chi connectivity index (χ1) is 5.54. The molecule has 0 saturated carbocycles. The molecule has 13 heavy (non-hydrogen) atoms. The van der Waals surface area contributed by atoms with Crippen molar-refractivity contribution in [1.82, 2.24) is 0 Å². The molecule has 1 aliphatic rings. The zero-order valence-corrected chi connectivity index (χ0v) is 12.6. The van der Waals surface area contributed by atoms with Crippen LogP contribution in [0.3, 0.4) is 0 Å². The SMILES string of the molecule is [Ca+2].[O]=[Al][O][Si]1([O-])O[Si]([O-])([O][Al]=[O])O1. The molecule has 0 amide bonds. The van der Waals surface area contributed by atoms with Crippen molar-refractivity contribution >= 4 is 86.8 Å². The maximum absolute atomic E-state index is 10.8. The summed E-state index contributed by atoms with van der Waals surface area (Å²) < 4.78 is 36.1. The van der Waals surface area contributed by atoms with Crippen molar-refractivity contribution in [3.8, 4) is 0 Å². The molecule has 13 heteroatoms. The summed E-state index contributed by atoms with van der Waals surface area (Å²) in [6, 6.07) is 0. The molecule has 1 saturated heterocycles. The van der Waals surface area contributed by atoms with Crippen LogP contribution < -0.4 is 9.59 Å². The molecule has 0 bridgehead atoms. The van der Waals surface area contributed by atoms with Crippen LogP contribution in [0.5, 0.6) is 0 Å². The average Bonchev–Trinajstić information content (AvgIpc) is 1.84. The molecule has 8 nitrogen and oxygen atoms in total. The van der Waals surface area contributed by atoms with E-state index in [-0.39, 0.29) is 37.7 Å². The van der Waals surface area contributed by atoms with E-state index in [1.165, 1.54) is 0 Å². The molecule has 1 heterocycles. The van der Waals surface area contributed by atoms with Gasteiger partial charge >= 0.3 is 119 Å². The van der Waals surface area contributed by atoms with Gasteiger partial charge in [-0.1, -0.05) is 0 Å². The van der Waals surface area contributed by atoms with Crippen LogP contribution in [0, 0.1) is 0 Å². The molecule has 0 atom stereocenters. The van der Waals surface area contributed by atoms with Crippen molar-refractivity contribution in [1.29, 1.82) is 0 Å². The van der Waals surface area contributed by atoms with Gasteiger partial charge in [-0.25, -0.2) is 0 Å². The molecule has 0 spiro atoms. The molecule has 0 aliphatic carbocycles. The Labute approximate surface area is 118 Å². The van der Waals surface area contributed by atoms with E-state index in [0.717, 1.165) is 0 Å². The Morgan fingerprint density at radius 2 is 1.31 bits per heavy atom. The van der Waals surface area contributed by atoms with Crippen LogP contribution >= 0.6 is 0 Å². The Balaban J connectivity index is 0.00000144. The van der Waals surface area contributed by atoms with Gasteiger partial charge in [-0.2, -0.15) is 0 Å². The summed E-state index contributed by atoms with van der Waals surface area (Å²) in [7, 11) is -8.39. The first-order valence-corrected chi connectivity index (χ1v) is 7.73. The predicted octanol–water partition coefficient (Wildman–Crippen LogP) is -4.79. The monoisotopic (exact) mass is 278 g/mol. The van der Waals surface area contributed by atoms with Crippen molar-refractivity contribution < 1.29 is 32.4 Å². The Morgan fingerprint density at radius 1 is 1.00 bits per heavy atom. The van der Waals surface area contributed by atoms with E-state index < -0.39 is 49.1 Å². The van der Waals surface area contributed by atoms with E-state index in [9.17, 15) is 17.2 Å². The van der Waals surface area contributed by atoms with Gasteiger partial charge in [0.05, 0.1) is 0 Å². The first-order valence-electron chi connectivity index (χ1n) is 2.58. The summed E-state index contributed by atoms with van der Waals surface area (Å²) in [5.74, 6) is 0. The zero-order valence-electron chi connectivity index (χ0n) is 6.13. The van der Waals surface area contributed by atoms with E-state index >= 15 is 0 Å². The minimum absolute atomic E-state index is 0. The van der Waals surface area contributed by atoms with E-state index in [0.29, 0.717) is 0 Å². The third-order valence-corrected chi connectivity index (χ3v) is 7.96. The molecule has 0 aromatic heterocycles. The fourth-order valence-electron chi connectivity index (χ4n) is 0.528. The van der Waals surface area contributed by atoms with Crippen LogP contribution in [0.15, 0.2) is 0 Å². The summed E-state index contributed by atoms with van der Waals surface area (Å²) in [6.45, 7) is 0. The quantitative estimate of drug-likeness (QED) is 0.470. The first kappa shape index (κ1) is 14.8. The molecule has 1 fully saturated rings. The molecule has 0 aromatic rings. The molecule has 0 N–H and O–H groups in total. The van der Waals surface area contributed by atoms with Gasteiger partial charge in [0.15, 0.2) is 0 Å². The molecule has 1 rings (SSSR count). The predicted molar refractivity (Wildman–Crippen MR) is 34.5 cm³/mol. The number of rotatable bonds is 4. The second-order valence-electron chi connectivity index (χ2n) is 1.63. The Bertz CT molecular complexity index is 182. The summed E-state index contributed by atoms with van der Waals surface area (Å²) in [5.41, 5.74) is 0. The fourth-order valence-corrected chi connectivity index (χ4v) is 6.48. The second kappa shape index (κ2) is 5.77. The van der Waals surface area contributed by atoms with Crippen LogP contribution in [0.25, 0.3) is 0 Å². The molecule has 1 aliphatic heterocycles. The van der Waals surface area contributed by atoms with Crippen molar-refractivity contribution in [2.24, 2.45) is 0 Å². The second-order valence-corrected chi connectivity index (χ2v) is 7.54. The van der Waals surface area contributed by atoms with Gasteiger partial charge in [0.2, 0.25) is 0 Å².